The molecule has 0 aliphatic heterocycles. The van der Waals surface area contributed by atoms with E-state index in [1.165, 1.54) is 0 Å². The minimum absolute atomic E-state index is 0.443. The van der Waals surface area contributed by atoms with Crippen LogP contribution in [0.4, 0.5) is 0 Å². The van der Waals surface area contributed by atoms with Gasteiger partial charge in [0.05, 0.1) is 12.1 Å². The Morgan fingerprint density at radius 1 is 1.47 bits per heavy atom. The fourth-order valence-corrected chi connectivity index (χ4v) is 1.20. The summed E-state index contributed by atoms with van der Waals surface area (Å²) >= 11 is 0. The van der Waals surface area contributed by atoms with E-state index >= 15 is 0 Å². The van der Waals surface area contributed by atoms with Crippen LogP contribution in [0.5, 0.6) is 0 Å². The average Bonchev–Trinajstić information content (AvgIpc) is 2.14. The molecule has 90 valence electrons. The first kappa shape index (κ1) is 14.3. The Morgan fingerprint density at radius 3 is 2.53 bits per heavy atom. The number of hydrogen-bond donors (Lipinski definition) is 2. The van der Waals surface area contributed by atoms with Gasteiger partial charge in [-0.15, -0.1) is 0 Å². The van der Waals surface area contributed by atoms with Crippen molar-refractivity contribution in [3.8, 4) is 0 Å². The molecule has 0 saturated carbocycles. The van der Waals surface area contributed by atoms with Crippen LogP contribution in [-0.4, -0.2) is 50.2 Å². The van der Waals surface area contributed by atoms with Gasteiger partial charge in [0.25, 0.3) is 0 Å². The van der Waals surface area contributed by atoms with Crippen LogP contribution >= 0.6 is 0 Å². The van der Waals surface area contributed by atoms with E-state index in [2.05, 4.69) is 4.90 Å². The summed E-state index contributed by atoms with van der Waals surface area (Å²) in [5.41, 5.74) is 10.0. The van der Waals surface area contributed by atoms with Gasteiger partial charge in [0.15, 0.2) is 0 Å². The summed E-state index contributed by atoms with van der Waals surface area (Å²) in [4.78, 5) is 13.1. The summed E-state index contributed by atoms with van der Waals surface area (Å²) in [6.45, 7) is 4.16. The highest BCUT2D eigenvalue weighted by atomic mass is 16.5. The number of primary amides is 1. The van der Waals surface area contributed by atoms with Crippen LogP contribution in [0.25, 0.3) is 0 Å². The second kappa shape index (κ2) is 6.76. The van der Waals surface area contributed by atoms with Gasteiger partial charge in [0, 0.05) is 13.7 Å². The maximum Gasteiger partial charge on any atom is 0.237 e. The van der Waals surface area contributed by atoms with Crippen LogP contribution in [-0.2, 0) is 9.53 Å². The molecule has 0 radical (unpaired) electrons. The smallest absolute Gasteiger partial charge is 0.237 e. The number of likely N-dealkylation sites (N-methyl/N-ethyl adjacent to an activating group) is 1. The third-order valence-electron chi connectivity index (χ3n) is 2.48. The molecule has 0 aliphatic rings. The summed E-state index contributed by atoms with van der Waals surface area (Å²) in [6.07, 6.45) is 1.47. The largest absolute Gasteiger partial charge is 0.383 e. The zero-order valence-corrected chi connectivity index (χ0v) is 9.95. The monoisotopic (exact) mass is 217 g/mol. The van der Waals surface area contributed by atoms with Gasteiger partial charge in [0.1, 0.15) is 0 Å². The van der Waals surface area contributed by atoms with E-state index in [1.54, 1.807) is 14.0 Å². The standard InChI is InChI=1S/C10H23N3O2/c1-10(12,9(11)14)5-4-6-13(2)7-8-15-3/h4-8,12H2,1-3H3,(H2,11,14). The number of carbonyl (C=O) groups excluding carboxylic acids is 1. The molecule has 0 aromatic carbocycles. The molecule has 0 rings (SSSR count). The van der Waals surface area contributed by atoms with Crippen molar-refractivity contribution in [1.82, 2.24) is 4.90 Å². The summed E-state index contributed by atoms with van der Waals surface area (Å²) in [5, 5.41) is 0. The van der Waals surface area contributed by atoms with Crippen LogP contribution in [0.15, 0.2) is 0 Å². The van der Waals surface area contributed by atoms with Crippen LogP contribution < -0.4 is 11.5 Å². The number of hydrogen-bond acceptors (Lipinski definition) is 4. The number of ether oxygens (including phenoxy) is 1. The Kier molecular flexibility index (Phi) is 6.47. The first-order valence-electron chi connectivity index (χ1n) is 5.16. The minimum Gasteiger partial charge on any atom is -0.383 e. The summed E-state index contributed by atoms with van der Waals surface area (Å²) < 4.78 is 4.96. The SMILES string of the molecule is COCCN(C)CCCC(C)(N)C(N)=O. The second-order valence-electron chi connectivity index (χ2n) is 4.18. The molecule has 1 unspecified atom stereocenters. The molecule has 0 fully saturated rings. The molecule has 5 nitrogen and oxygen atoms in total. The molecular formula is C10H23N3O2. The normalized spacial score (nSPS) is 15.3. The van der Waals surface area contributed by atoms with Crippen LogP contribution in [0.2, 0.25) is 0 Å². The zero-order valence-electron chi connectivity index (χ0n) is 9.95. The molecule has 5 heteroatoms. The minimum atomic E-state index is -0.887. The molecule has 0 aromatic heterocycles. The third-order valence-corrected chi connectivity index (χ3v) is 2.48. The fourth-order valence-electron chi connectivity index (χ4n) is 1.20. The van der Waals surface area contributed by atoms with Crippen LogP contribution in [0.1, 0.15) is 19.8 Å². The van der Waals surface area contributed by atoms with Crippen LogP contribution in [0.3, 0.4) is 0 Å². The van der Waals surface area contributed by atoms with Crippen molar-refractivity contribution in [3.05, 3.63) is 0 Å². The van der Waals surface area contributed by atoms with Crippen molar-refractivity contribution in [2.45, 2.75) is 25.3 Å². The predicted molar refractivity (Wildman–Crippen MR) is 60.4 cm³/mol. The highest BCUT2D eigenvalue weighted by Crippen LogP contribution is 2.08. The van der Waals surface area contributed by atoms with Crippen molar-refractivity contribution in [3.63, 3.8) is 0 Å². The first-order valence-corrected chi connectivity index (χ1v) is 5.16. The molecule has 1 amide bonds. The zero-order chi connectivity index (χ0) is 11.9. The van der Waals surface area contributed by atoms with Gasteiger partial charge in [-0.25, -0.2) is 0 Å². The fraction of sp³-hybridized carbons (Fsp3) is 0.900. The average molecular weight is 217 g/mol. The Morgan fingerprint density at radius 2 is 2.07 bits per heavy atom. The molecule has 4 N–H and O–H groups in total. The van der Waals surface area contributed by atoms with Gasteiger partial charge in [-0.3, -0.25) is 4.79 Å². The Bertz CT molecular complexity index is 195. The van der Waals surface area contributed by atoms with Crippen molar-refractivity contribution >= 4 is 5.91 Å². The van der Waals surface area contributed by atoms with E-state index in [0.29, 0.717) is 13.0 Å². The highest BCUT2D eigenvalue weighted by molar-refractivity contribution is 5.83. The second-order valence-corrected chi connectivity index (χ2v) is 4.18. The van der Waals surface area contributed by atoms with Gasteiger partial charge >= 0.3 is 0 Å². The predicted octanol–water partition coefficient (Wildman–Crippen LogP) is -0.452. The van der Waals surface area contributed by atoms with Gasteiger partial charge in [-0.1, -0.05) is 0 Å². The topological polar surface area (TPSA) is 81.6 Å². The summed E-state index contributed by atoms with van der Waals surface area (Å²) in [6, 6.07) is 0. The Labute approximate surface area is 91.7 Å². The van der Waals surface area contributed by atoms with E-state index in [9.17, 15) is 4.79 Å². The van der Waals surface area contributed by atoms with E-state index in [1.807, 2.05) is 7.05 Å². The Hall–Kier alpha value is -0.650. The summed E-state index contributed by atoms with van der Waals surface area (Å²) in [7, 11) is 3.69. The molecule has 1 atom stereocenters. The van der Waals surface area contributed by atoms with Gasteiger partial charge in [-0.05, 0) is 33.4 Å². The molecular weight excluding hydrogens is 194 g/mol. The summed E-state index contributed by atoms with van der Waals surface area (Å²) in [5.74, 6) is -0.443. The number of methoxy groups -OCH3 is 1. The lowest BCUT2D eigenvalue weighted by molar-refractivity contribution is -0.122. The van der Waals surface area contributed by atoms with E-state index in [4.69, 9.17) is 16.2 Å². The molecule has 15 heavy (non-hydrogen) atoms. The number of nitrogens with zero attached hydrogens (tertiary/aromatic N) is 1. The number of nitrogens with two attached hydrogens (primary N) is 2. The van der Waals surface area contributed by atoms with Crippen molar-refractivity contribution < 1.29 is 9.53 Å². The molecule has 0 bridgehead atoms. The van der Waals surface area contributed by atoms with E-state index in [0.717, 1.165) is 19.5 Å². The number of rotatable bonds is 8. The molecule has 0 spiro atoms. The quantitative estimate of drug-likeness (QED) is 0.577. The maximum absolute atomic E-state index is 10.9. The van der Waals surface area contributed by atoms with E-state index in [-0.39, 0.29) is 0 Å². The van der Waals surface area contributed by atoms with Crippen molar-refractivity contribution in [2.24, 2.45) is 11.5 Å². The number of carbonyl (C=O) groups is 1. The lowest BCUT2D eigenvalue weighted by Crippen LogP contribution is -2.49. The molecule has 0 heterocycles. The van der Waals surface area contributed by atoms with Gasteiger partial charge in [-0.2, -0.15) is 0 Å². The number of amides is 1. The maximum atomic E-state index is 10.9. The molecule has 0 aromatic rings. The lowest BCUT2D eigenvalue weighted by Gasteiger charge is -2.22. The van der Waals surface area contributed by atoms with Crippen molar-refractivity contribution in [1.29, 1.82) is 0 Å². The third kappa shape index (κ3) is 6.43. The van der Waals surface area contributed by atoms with Gasteiger partial charge < -0.3 is 21.1 Å². The van der Waals surface area contributed by atoms with Crippen LogP contribution in [0, 0.1) is 0 Å². The Balaban J connectivity index is 3.65. The van der Waals surface area contributed by atoms with Crippen molar-refractivity contribution in [2.75, 3.05) is 33.9 Å². The lowest BCUT2D eigenvalue weighted by atomic mass is 9.96. The first-order chi connectivity index (χ1) is 6.90. The van der Waals surface area contributed by atoms with Gasteiger partial charge in [0.2, 0.25) is 5.91 Å². The molecule has 0 saturated heterocycles. The van der Waals surface area contributed by atoms with E-state index < -0.39 is 11.4 Å². The highest BCUT2D eigenvalue weighted by Gasteiger charge is 2.24. The molecule has 0 aliphatic carbocycles.